The summed E-state index contributed by atoms with van der Waals surface area (Å²) in [7, 11) is 1.31. The topological polar surface area (TPSA) is 111 Å². The van der Waals surface area contributed by atoms with Crippen molar-refractivity contribution in [2.75, 3.05) is 12.4 Å². The summed E-state index contributed by atoms with van der Waals surface area (Å²) in [4.78, 5) is 36.1. The van der Waals surface area contributed by atoms with E-state index in [2.05, 4.69) is 10.6 Å². The van der Waals surface area contributed by atoms with E-state index in [1.807, 2.05) is 37.3 Å². The molecule has 0 fully saturated rings. The molecule has 0 saturated heterocycles. The molecule has 3 aromatic carbocycles. The van der Waals surface area contributed by atoms with E-state index in [0.29, 0.717) is 5.69 Å². The predicted molar refractivity (Wildman–Crippen MR) is 116 cm³/mol. The molecule has 31 heavy (non-hydrogen) atoms. The summed E-state index contributed by atoms with van der Waals surface area (Å²) in [5, 5.41) is 16.8. The molecule has 1 unspecified atom stereocenters. The number of nitro benzene ring substituents is 1. The van der Waals surface area contributed by atoms with Gasteiger partial charge >= 0.3 is 5.69 Å². The average molecular weight is 419 g/mol. The van der Waals surface area contributed by atoms with Crippen molar-refractivity contribution < 1.29 is 19.2 Å². The number of carbonyl (C=O) groups is 2. The van der Waals surface area contributed by atoms with Gasteiger partial charge in [-0.05, 0) is 36.8 Å². The van der Waals surface area contributed by atoms with Gasteiger partial charge in [-0.1, -0.05) is 42.5 Å². The number of benzene rings is 3. The number of nitrogens with zero attached hydrogens (tertiary/aromatic N) is 1. The quantitative estimate of drug-likeness (QED) is 0.437. The van der Waals surface area contributed by atoms with Crippen LogP contribution in [0.4, 0.5) is 11.4 Å². The van der Waals surface area contributed by atoms with Crippen molar-refractivity contribution >= 4 is 23.2 Å². The fourth-order valence-corrected chi connectivity index (χ4v) is 3.06. The van der Waals surface area contributed by atoms with Crippen LogP contribution in [0, 0.1) is 10.1 Å². The van der Waals surface area contributed by atoms with Gasteiger partial charge in [0.15, 0.2) is 5.75 Å². The fourth-order valence-electron chi connectivity index (χ4n) is 3.06. The first-order chi connectivity index (χ1) is 14.9. The minimum Gasteiger partial charge on any atom is -0.490 e. The lowest BCUT2D eigenvalue weighted by atomic mass is 10.1. The standard InChI is InChI=1S/C23H21N3O5/c1-15(16-8-4-3-5-9-16)24-23(28)18-10-6-7-11-19(18)25-22(27)17-12-13-21(31-2)20(14-17)26(29)30/h3-15H,1-2H3,(H,24,28)(H,25,27). The Morgan fingerprint density at radius 2 is 1.65 bits per heavy atom. The van der Waals surface area contributed by atoms with Gasteiger partial charge in [0.05, 0.1) is 29.3 Å². The first-order valence-corrected chi connectivity index (χ1v) is 9.49. The highest BCUT2D eigenvalue weighted by Gasteiger charge is 2.20. The lowest BCUT2D eigenvalue weighted by Gasteiger charge is -2.16. The minimum atomic E-state index is -0.623. The number of ether oxygens (including phenoxy) is 1. The van der Waals surface area contributed by atoms with Crippen LogP contribution in [0.25, 0.3) is 0 Å². The smallest absolute Gasteiger partial charge is 0.311 e. The van der Waals surface area contributed by atoms with E-state index in [1.54, 1.807) is 24.3 Å². The maximum Gasteiger partial charge on any atom is 0.311 e. The molecule has 0 aliphatic rings. The lowest BCUT2D eigenvalue weighted by Crippen LogP contribution is -2.28. The molecule has 8 nitrogen and oxygen atoms in total. The fraction of sp³-hybridized carbons (Fsp3) is 0.130. The molecule has 0 aromatic heterocycles. The van der Waals surface area contributed by atoms with E-state index in [4.69, 9.17) is 4.74 Å². The summed E-state index contributed by atoms with van der Waals surface area (Å²) in [6, 6.07) is 19.7. The van der Waals surface area contributed by atoms with Gasteiger partial charge in [-0.15, -0.1) is 0 Å². The number of amides is 2. The molecular weight excluding hydrogens is 398 g/mol. The Hall–Kier alpha value is -4.20. The van der Waals surface area contributed by atoms with Crippen LogP contribution in [-0.2, 0) is 0 Å². The maximum absolute atomic E-state index is 12.8. The zero-order valence-electron chi connectivity index (χ0n) is 17.0. The molecule has 1 atom stereocenters. The summed E-state index contributed by atoms with van der Waals surface area (Å²) in [6.07, 6.45) is 0. The third-order valence-electron chi connectivity index (χ3n) is 4.70. The molecule has 0 aliphatic heterocycles. The molecule has 0 aliphatic carbocycles. The number of carbonyl (C=O) groups excluding carboxylic acids is 2. The summed E-state index contributed by atoms with van der Waals surface area (Å²) in [5.41, 5.74) is 1.27. The van der Waals surface area contributed by atoms with Gasteiger partial charge in [-0.3, -0.25) is 19.7 Å². The van der Waals surface area contributed by atoms with Crippen molar-refractivity contribution in [3.8, 4) is 5.75 Å². The molecule has 0 heterocycles. The van der Waals surface area contributed by atoms with E-state index in [-0.39, 0.29) is 34.5 Å². The van der Waals surface area contributed by atoms with Crippen LogP contribution >= 0.6 is 0 Å². The number of methoxy groups -OCH3 is 1. The van der Waals surface area contributed by atoms with Gasteiger partial charge in [-0.25, -0.2) is 0 Å². The number of hydrogen-bond acceptors (Lipinski definition) is 5. The van der Waals surface area contributed by atoms with Crippen LogP contribution in [0.1, 0.15) is 39.2 Å². The number of rotatable bonds is 7. The Bertz CT molecular complexity index is 1120. The van der Waals surface area contributed by atoms with Crippen LogP contribution in [0.15, 0.2) is 72.8 Å². The van der Waals surface area contributed by atoms with Crippen LogP contribution in [0.2, 0.25) is 0 Å². The minimum absolute atomic E-state index is 0.0521. The largest absolute Gasteiger partial charge is 0.490 e. The number of anilines is 1. The summed E-state index contributed by atoms with van der Waals surface area (Å²) < 4.78 is 4.96. The highest BCUT2D eigenvalue weighted by Crippen LogP contribution is 2.28. The molecule has 2 amide bonds. The predicted octanol–water partition coefficient (Wildman–Crippen LogP) is 4.35. The highest BCUT2D eigenvalue weighted by molar-refractivity contribution is 6.09. The number of nitro groups is 1. The van der Waals surface area contributed by atoms with Gasteiger partial charge in [0.2, 0.25) is 0 Å². The normalized spacial score (nSPS) is 11.3. The molecule has 3 aromatic rings. The van der Waals surface area contributed by atoms with Crippen LogP contribution < -0.4 is 15.4 Å². The Morgan fingerprint density at radius 1 is 0.968 bits per heavy atom. The van der Waals surface area contributed by atoms with Crippen LogP contribution in [0.5, 0.6) is 5.75 Å². The zero-order chi connectivity index (χ0) is 22.4. The Morgan fingerprint density at radius 3 is 2.32 bits per heavy atom. The van der Waals surface area contributed by atoms with Crippen molar-refractivity contribution in [1.82, 2.24) is 5.32 Å². The van der Waals surface area contributed by atoms with Crippen molar-refractivity contribution in [1.29, 1.82) is 0 Å². The van der Waals surface area contributed by atoms with Crippen molar-refractivity contribution in [2.24, 2.45) is 0 Å². The van der Waals surface area contributed by atoms with Crippen molar-refractivity contribution in [3.63, 3.8) is 0 Å². The Balaban J connectivity index is 1.80. The third-order valence-corrected chi connectivity index (χ3v) is 4.70. The number of para-hydroxylation sites is 1. The molecule has 0 saturated carbocycles. The molecule has 158 valence electrons. The average Bonchev–Trinajstić information content (AvgIpc) is 2.79. The van der Waals surface area contributed by atoms with Crippen molar-refractivity contribution in [2.45, 2.75) is 13.0 Å². The van der Waals surface area contributed by atoms with Gasteiger partial charge in [-0.2, -0.15) is 0 Å². The second-order valence-corrected chi connectivity index (χ2v) is 6.75. The van der Waals surface area contributed by atoms with Gasteiger partial charge in [0.25, 0.3) is 11.8 Å². The molecular formula is C23H21N3O5. The van der Waals surface area contributed by atoms with E-state index in [1.165, 1.54) is 19.2 Å². The third kappa shape index (κ3) is 5.05. The highest BCUT2D eigenvalue weighted by atomic mass is 16.6. The Labute approximate surface area is 179 Å². The molecule has 3 rings (SSSR count). The maximum atomic E-state index is 12.8. The summed E-state index contributed by atoms with van der Waals surface area (Å²) in [6.45, 7) is 1.87. The van der Waals surface area contributed by atoms with Gasteiger partial charge in [0.1, 0.15) is 0 Å². The van der Waals surface area contributed by atoms with E-state index in [0.717, 1.165) is 11.6 Å². The summed E-state index contributed by atoms with van der Waals surface area (Å²) >= 11 is 0. The Kier molecular flexibility index (Phi) is 6.61. The molecule has 0 radical (unpaired) electrons. The zero-order valence-corrected chi connectivity index (χ0v) is 17.0. The number of hydrogen-bond donors (Lipinski definition) is 2. The first-order valence-electron chi connectivity index (χ1n) is 9.49. The first kappa shape index (κ1) is 21.5. The second kappa shape index (κ2) is 9.53. The van der Waals surface area contributed by atoms with E-state index in [9.17, 15) is 19.7 Å². The molecule has 8 heteroatoms. The summed E-state index contributed by atoms with van der Waals surface area (Å²) in [5.74, 6) is -0.883. The molecule has 2 N–H and O–H groups in total. The molecule has 0 bridgehead atoms. The van der Waals surface area contributed by atoms with Gasteiger partial charge < -0.3 is 15.4 Å². The van der Waals surface area contributed by atoms with Crippen LogP contribution in [-0.4, -0.2) is 23.8 Å². The SMILES string of the molecule is COc1ccc(C(=O)Nc2ccccc2C(=O)NC(C)c2ccccc2)cc1[N+](=O)[O-]. The van der Waals surface area contributed by atoms with Crippen LogP contribution in [0.3, 0.4) is 0 Å². The van der Waals surface area contributed by atoms with Gasteiger partial charge in [0, 0.05) is 11.6 Å². The van der Waals surface area contributed by atoms with Crippen molar-refractivity contribution in [3.05, 3.63) is 99.6 Å². The van der Waals surface area contributed by atoms with E-state index >= 15 is 0 Å². The molecule has 0 spiro atoms. The monoisotopic (exact) mass is 419 g/mol. The van der Waals surface area contributed by atoms with E-state index < -0.39 is 10.8 Å². The second-order valence-electron chi connectivity index (χ2n) is 6.75. The number of nitrogens with one attached hydrogen (secondary N) is 2. The lowest BCUT2D eigenvalue weighted by molar-refractivity contribution is -0.385.